The molecule has 0 fully saturated rings. The number of nitrogens with one attached hydrogen (secondary N) is 2. The molecule has 0 saturated carbocycles. The second-order valence-electron chi connectivity index (χ2n) is 4.84. The number of methoxy groups -OCH3 is 1. The van der Waals surface area contributed by atoms with E-state index in [0.29, 0.717) is 17.9 Å². The molecule has 126 valence electrons. The molecule has 0 atom stereocenters. The fraction of sp³-hybridized carbons (Fsp3) is 0.176. The van der Waals surface area contributed by atoms with Crippen LogP contribution in [0.1, 0.15) is 15.9 Å². The monoisotopic (exact) mass is 392 g/mol. The first kappa shape index (κ1) is 18.0. The summed E-state index contributed by atoms with van der Waals surface area (Å²) in [7, 11) is 1.55. The third kappa shape index (κ3) is 5.36. The van der Waals surface area contributed by atoms with Crippen LogP contribution < -0.4 is 15.6 Å². The highest BCUT2D eigenvalue weighted by atomic mass is 79.9. The van der Waals surface area contributed by atoms with Gasteiger partial charge in [-0.05, 0) is 35.9 Å². The summed E-state index contributed by atoms with van der Waals surface area (Å²) in [5.41, 5.74) is 5.85. The second kappa shape index (κ2) is 9.05. The Bertz CT molecular complexity index is 704. The molecular formula is C17H17BrN2O4. The van der Waals surface area contributed by atoms with Crippen LogP contribution in [-0.2, 0) is 16.1 Å². The first-order valence-corrected chi connectivity index (χ1v) is 7.94. The molecule has 0 aliphatic rings. The van der Waals surface area contributed by atoms with Crippen LogP contribution in [0, 0.1) is 0 Å². The van der Waals surface area contributed by atoms with E-state index in [4.69, 9.17) is 9.47 Å². The molecule has 0 spiro atoms. The zero-order valence-electron chi connectivity index (χ0n) is 13.0. The van der Waals surface area contributed by atoms with E-state index >= 15 is 0 Å². The van der Waals surface area contributed by atoms with E-state index in [9.17, 15) is 9.59 Å². The molecule has 2 rings (SSSR count). The molecule has 0 aliphatic carbocycles. The van der Waals surface area contributed by atoms with Crippen LogP contribution in [0.4, 0.5) is 0 Å². The van der Waals surface area contributed by atoms with E-state index in [1.807, 2.05) is 18.2 Å². The summed E-state index contributed by atoms with van der Waals surface area (Å²) in [6.45, 7) is 0.103. The summed E-state index contributed by atoms with van der Waals surface area (Å²) >= 11 is 3.31. The Morgan fingerprint density at radius 3 is 2.46 bits per heavy atom. The molecule has 0 bridgehead atoms. The van der Waals surface area contributed by atoms with Gasteiger partial charge in [-0.25, -0.2) is 0 Å². The highest BCUT2D eigenvalue weighted by molar-refractivity contribution is 9.10. The number of carbonyl (C=O) groups is 2. The maximum Gasteiger partial charge on any atom is 0.276 e. The molecule has 0 unspecified atom stereocenters. The SMILES string of the molecule is COCc1ccccc1C(=O)NNC(=O)COc1ccc(Br)cc1. The number of carbonyl (C=O) groups excluding carboxylic acids is 2. The summed E-state index contributed by atoms with van der Waals surface area (Å²) in [4.78, 5) is 23.9. The van der Waals surface area contributed by atoms with Gasteiger partial charge in [-0.2, -0.15) is 0 Å². The lowest BCUT2D eigenvalue weighted by Crippen LogP contribution is -2.44. The third-order valence-electron chi connectivity index (χ3n) is 3.06. The zero-order valence-corrected chi connectivity index (χ0v) is 14.6. The topological polar surface area (TPSA) is 76.7 Å². The van der Waals surface area contributed by atoms with Crippen molar-refractivity contribution in [1.29, 1.82) is 0 Å². The molecule has 2 amide bonds. The van der Waals surface area contributed by atoms with Gasteiger partial charge in [-0.3, -0.25) is 20.4 Å². The van der Waals surface area contributed by atoms with Gasteiger partial charge in [0.05, 0.1) is 6.61 Å². The van der Waals surface area contributed by atoms with Gasteiger partial charge in [0.2, 0.25) is 0 Å². The zero-order chi connectivity index (χ0) is 17.4. The van der Waals surface area contributed by atoms with E-state index in [1.54, 1.807) is 37.4 Å². The Hall–Kier alpha value is -2.38. The average molecular weight is 393 g/mol. The van der Waals surface area contributed by atoms with Gasteiger partial charge in [0, 0.05) is 17.1 Å². The van der Waals surface area contributed by atoms with Gasteiger partial charge < -0.3 is 9.47 Å². The third-order valence-corrected chi connectivity index (χ3v) is 3.59. The Morgan fingerprint density at radius 2 is 1.75 bits per heavy atom. The predicted octanol–water partition coefficient (Wildman–Crippen LogP) is 2.44. The van der Waals surface area contributed by atoms with Crippen LogP contribution in [-0.4, -0.2) is 25.5 Å². The van der Waals surface area contributed by atoms with Gasteiger partial charge in [0.25, 0.3) is 11.8 Å². The Morgan fingerprint density at radius 1 is 1.04 bits per heavy atom. The van der Waals surface area contributed by atoms with Crippen molar-refractivity contribution in [2.45, 2.75) is 6.61 Å². The molecule has 2 aromatic rings. The van der Waals surface area contributed by atoms with Crippen molar-refractivity contribution in [2.75, 3.05) is 13.7 Å². The largest absolute Gasteiger partial charge is 0.484 e. The van der Waals surface area contributed by atoms with Crippen LogP contribution in [0.3, 0.4) is 0 Å². The summed E-state index contributed by atoms with van der Waals surface area (Å²) in [5.74, 6) is -0.319. The number of amides is 2. The van der Waals surface area contributed by atoms with Gasteiger partial charge >= 0.3 is 0 Å². The van der Waals surface area contributed by atoms with E-state index < -0.39 is 11.8 Å². The minimum atomic E-state index is -0.463. The summed E-state index contributed by atoms with van der Waals surface area (Å²) in [6, 6.07) is 14.1. The number of hydrazine groups is 1. The molecule has 0 saturated heterocycles. The second-order valence-corrected chi connectivity index (χ2v) is 5.75. The lowest BCUT2D eigenvalue weighted by atomic mass is 10.1. The van der Waals surface area contributed by atoms with Crippen molar-refractivity contribution in [3.8, 4) is 5.75 Å². The van der Waals surface area contributed by atoms with E-state index in [-0.39, 0.29) is 6.61 Å². The lowest BCUT2D eigenvalue weighted by Gasteiger charge is -2.11. The number of hydrogen-bond acceptors (Lipinski definition) is 4. The normalized spacial score (nSPS) is 10.1. The molecular weight excluding hydrogens is 376 g/mol. The van der Waals surface area contributed by atoms with Crippen LogP contribution in [0.5, 0.6) is 5.75 Å². The summed E-state index contributed by atoms with van der Waals surface area (Å²) in [5, 5.41) is 0. The van der Waals surface area contributed by atoms with Crippen LogP contribution >= 0.6 is 15.9 Å². The first-order chi connectivity index (χ1) is 11.6. The predicted molar refractivity (Wildman–Crippen MR) is 92.4 cm³/mol. The Kier molecular flexibility index (Phi) is 6.77. The number of ether oxygens (including phenoxy) is 2. The molecule has 0 aliphatic heterocycles. The smallest absolute Gasteiger partial charge is 0.276 e. The van der Waals surface area contributed by atoms with E-state index in [0.717, 1.165) is 10.0 Å². The maximum atomic E-state index is 12.1. The fourth-order valence-electron chi connectivity index (χ4n) is 1.93. The van der Waals surface area contributed by atoms with Crippen LogP contribution in [0.2, 0.25) is 0 Å². The van der Waals surface area contributed by atoms with Crippen LogP contribution in [0.25, 0.3) is 0 Å². The quantitative estimate of drug-likeness (QED) is 0.740. The number of rotatable bonds is 6. The van der Waals surface area contributed by atoms with E-state index in [1.165, 1.54) is 0 Å². The summed E-state index contributed by atoms with van der Waals surface area (Å²) < 4.78 is 11.3. The molecule has 0 radical (unpaired) electrons. The van der Waals surface area contributed by atoms with Gasteiger partial charge in [-0.15, -0.1) is 0 Å². The van der Waals surface area contributed by atoms with Crippen molar-refractivity contribution < 1.29 is 19.1 Å². The summed E-state index contributed by atoms with van der Waals surface area (Å²) in [6.07, 6.45) is 0. The number of hydrogen-bond donors (Lipinski definition) is 2. The number of benzene rings is 2. The van der Waals surface area contributed by atoms with Gasteiger partial charge in [0.1, 0.15) is 5.75 Å². The molecule has 0 aromatic heterocycles. The lowest BCUT2D eigenvalue weighted by molar-refractivity contribution is -0.123. The molecule has 0 heterocycles. The molecule has 7 heteroatoms. The molecule has 24 heavy (non-hydrogen) atoms. The number of halogens is 1. The van der Waals surface area contributed by atoms with Crippen molar-refractivity contribution in [2.24, 2.45) is 0 Å². The molecule has 2 N–H and O–H groups in total. The minimum absolute atomic E-state index is 0.207. The maximum absolute atomic E-state index is 12.1. The minimum Gasteiger partial charge on any atom is -0.484 e. The Balaban J connectivity index is 1.83. The Labute approximate surface area is 148 Å². The van der Waals surface area contributed by atoms with Crippen molar-refractivity contribution in [3.63, 3.8) is 0 Å². The van der Waals surface area contributed by atoms with Crippen molar-refractivity contribution >= 4 is 27.7 Å². The average Bonchev–Trinajstić information content (AvgIpc) is 2.60. The van der Waals surface area contributed by atoms with Gasteiger partial charge in [0.15, 0.2) is 6.61 Å². The fourth-order valence-corrected chi connectivity index (χ4v) is 2.20. The van der Waals surface area contributed by atoms with E-state index in [2.05, 4.69) is 26.8 Å². The van der Waals surface area contributed by atoms with Gasteiger partial charge in [-0.1, -0.05) is 34.1 Å². The van der Waals surface area contributed by atoms with Crippen molar-refractivity contribution in [3.05, 3.63) is 64.1 Å². The van der Waals surface area contributed by atoms with Crippen LogP contribution in [0.15, 0.2) is 53.0 Å². The van der Waals surface area contributed by atoms with Crippen molar-refractivity contribution in [1.82, 2.24) is 10.9 Å². The highest BCUT2D eigenvalue weighted by Crippen LogP contribution is 2.15. The highest BCUT2D eigenvalue weighted by Gasteiger charge is 2.11. The standard InChI is InChI=1S/C17H17BrN2O4/c1-23-10-12-4-2-3-5-15(12)17(22)20-19-16(21)11-24-14-8-6-13(18)7-9-14/h2-9H,10-11H2,1H3,(H,19,21)(H,20,22). The molecule has 6 nitrogen and oxygen atoms in total. The molecule has 2 aromatic carbocycles. The first-order valence-electron chi connectivity index (χ1n) is 7.14.